The summed E-state index contributed by atoms with van der Waals surface area (Å²) in [4.78, 5) is 15.9. The van der Waals surface area contributed by atoms with Crippen LogP contribution in [0.1, 0.15) is 11.3 Å². The van der Waals surface area contributed by atoms with E-state index in [1.165, 1.54) is 0 Å². The third kappa shape index (κ3) is 4.58. The number of hydrogen-bond donors (Lipinski definition) is 1. The number of carboxylic acids is 1. The van der Waals surface area contributed by atoms with Crippen LogP contribution in [0.25, 0.3) is 0 Å². The van der Waals surface area contributed by atoms with Crippen LogP contribution in [0, 0.1) is 0 Å². The van der Waals surface area contributed by atoms with Crippen molar-refractivity contribution in [1.29, 1.82) is 0 Å². The molecule has 2 aromatic rings. The van der Waals surface area contributed by atoms with Crippen molar-refractivity contribution in [1.82, 2.24) is 4.98 Å². The molecular formula is C14H12ClNO2S. The van der Waals surface area contributed by atoms with Crippen molar-refractivity contribution in [3.8, 4) is 0 Å². The molecular weight excluding hydrogens is 282 g/mol. The third-order valence-electron chi connectivity index (χ3n) is 2.44. The van der Waals surface area contributed by atoms with Gasteiger partial charge >= 0.3 is 5.97 Å². The first kappa shape index (κ1) is 13.9. The summed E-state index contributed by atoms with van der Waals surface area (Å²) in [6.07, 6.45) is 0.0563. The number of nitrogens with zero attached hydrogens (tertiary/aromatic N) is 1. The van der Waals surface area contributed by atoms with E-state index < -0.39 is 5.97 Å². The zero-order valence-corrected chi connectivity index (χ0v) is 11.6. The van der Waals surface area contributed by atoms with Crippen LogP contribution in [0.2, 0.25) is 5.15 Å². The second-order valence-electron chi connectivity index (χ2n) is 3.95. The Bertz CT molecular complexity index is 572. The molecule has 1 aromatic heterocycles. The summed E-state index contributed by atoms with van der Waals surface area (Å²) in [7, 11) is 0. The van der Waals surface area contributed by atoms with Crippen molar-refractivity contribution in [2.24, 2.45) is 0 Å². The highest BCUT2D eigenvalue weighted by Crippen LogP contribution is 2.23. The largest absolute Gasteiger partial charge is 0.481 e. The number of thioether (sulfide) groups is 1. The molecule has 0 radical (unpaired) electrons. The van der Waals surface area contributed by atoms with E-state index in [4.69, 9.17) is 16.7 Å². The molecule has 0 unspecified atom stereocenters. The summed E-state index contributed by atoms with van der Waals surface area (Å²) in [5.41, 5.74) is 1.73. The van der Waals surface area contributed by atoms with Gasteiger partial charge in [-0.05, 0) is 29.8 Å². The molecule has 0 saturated carbocycles. The van der Waals surface area contributed by atoms with E-state index in [9.17, 15) is 4.79 Å². The maximum atomic E-state index is 10.6. The van der Waals surface area contributed by atoms with Gasteiger partial charge in [-0.25, -0.2) is 4.98 Å². The molecule has 0 aliphatic heterocycles. The summed E-state index contributed by atoms with van der Waals surface area (Å²) in [5.74, 6) is -0.0812. The number of benzene rings is 1. The van der Waals surface area contributed by atoms with Crippen LogP contribution in [-0.4, -0.2) is 16.1 Å². The predicted octanol–water partition coefficient (Wildman–Crippen LogP) is 3.65. The average molecular weight is 294 g/mol. The first-order chi connectivity index (χ1) is 9.13. The zero-order valence-electron chi connectivity index (χ0n) is 10.0. The van der Waals surface area contributed by atoms with E-state index in [2.05, 4.69) is 4.98 Å². The van der Waals surface area contributed by atoms with E-state index in [1.807, 2.05) is 36.4 Å². The lowest BCUT2D eigenvalue weighted by Gasteiger charge is -2.03. The topological polar surface area (TPSA) is 50.2 Å². The van der Waals surface area contributed by atoms with Gasteiger partial charge in [-0.3, -0.25) is 4.79 Å². The quantitative estimate of drug-likeness (QED) is 0.675. The fourth-order valence-corrected chi connectivity index (χ4v) is 2.55. The van der Waals surface area contributed by atoms with Crippen LogP contribution in [0.15, 0.2) is 47.4 Å². The number of aliphatic carboxylic acids is 1. The molecule has 19 heavy (non-hydrogen) atoms. The molecule has 98 valence electrons. The summed E-state index contributed by atoms with van der Waals surface area (Å²) in [5, 5.41) is 9.18. The van der Waals surface area contributed by atoms with Crippen LogP contribution in [0.4, 0.5) is 0 Å². The highest BCUT2D eigenvalue weighted by Gasteiger charge is 2.02. The van der Waals surface area contributed by atoms with Crippen LogP contribution >= 0.6 is 23.4 Å². The number of rotatable bonds is 5. The Balaban J connectivity index is 1.94. The summed E-state index contributed by atoms with van der Waals surface area (Å²) >= 11 is 7.46. The molecule has 2 rings (SSSR count). The van der Waals surface area contributed by atoms with Gasteiger partial charge in [-0.15, -0.1) is 11.8 Å². The van der Waals surface area contributed by atoms with Crippen LogP contribution in [0.3, 0.4) is 0 Å². The molecule has 0 saturated heterocycles. The van der Waals surface area contributed by atoms with Crippen molar-refractivity contribution in [2.45, 2.75) is 17.1 Å². The highest BCUT2D eigenvalue weighted by atomic mass is 35.5. The Kier molecular flexibility index (Phi) is 4.82. The van der Waals surface area contributed by atoms with E-state index in [-0.39, 0.29) is 6.42 Å². The number of carboxylic acid groups (broad SMARTS) is 1. The van der Waals surface area contributed by atoms with Gasteiger partial charge in [0.25, 0.3) is 0 Å². The Hall–Kier alpha value is -1.52. The highest BCUT2D eigenvalue weighted by molar-refractivity contribution is 7.98. The smallest absolute Gasteiger partial charge is 0.307 e. The number of aromatic nitrogens is 1. The first-order valence-corrected chi connectivity index (χ1v) is 7.05. The Labute approximate surface area is 120 Å². The Morgan fingerprint density at radius 1 is 1.21 bits per heavy atom. The molecule has 1 heterocycles. The predicted molar refractivity (Wildman–Crippen MR) is 76.6 cm³/mol. The fraction of sp³-hybridized carbons (Fsp3) is 0.143. The zero-order chi connectivity index (χ0) is 13.7. The van der Waals surface area contributed by atoms with Gasteiger partial charge in [0.15, 0.2) is 0 Å². The number of halogens is 1. The van der Waals surface area contributed by atoms with Crippen LogP contribution in [-0.2, 0) is 17.0 Å². The van der Waals surface area contributed by atoms with E-state index >= 15 is 0 Å². The lowest BCUT2D eigenvalue weighted by atomic mass is 10.2. The Morgan fingerprint density at radius 2 is 1.95 bits per heavy atom. The SMILES string of the molecule is O=C(O)Cc1ccc(SCc2cccc(Cl)n2)cc1. The maximum Gasteiger partial charge on any atom is 0.307 e. The van der Waals surface area contributed by atoms with Gasteiger partial charge in [-0.1, -0.05) is 29.8 Å². The van der Waals surface area contributed by atoms with Crippen molar-refractivity contribution in [3.63, 3.8) is 0 Å². The van der Waals surface area contributed by atoms with Gasteiger partial charge in [0, 0.05) is 10.6 Å². The molecule has 0 amide bonds. The molecule has 1 aromatic carbocycles. The molecule has 0 spiro atoms. The second kappa shape index (κ2) is 6.59. The lowest BCUT2D eigenvalue weighted by molar-refractivity contribution is -0.136. The summed E-state index contributed by atoms with van der Waals surface area (Å²) in [6, 6.07) is 13.1. The van der Waals surface area contributed by atoms with Gasteiger partial charge in [-0.2, -0.15) is 0 Å². The second-order valence-corrected chi connectivity index (χ2v) is 5.39. The van der Waals surface area contributed by atoms with E-state index in [1.54, 1.807) is 17.8 Å². The van der Waals surface area contributed by atoms with Gasteiger partial charge in [0.2, 0.25) is 0 Å². The molecule has 0 fully saturated rings. The summed E-state index contributed by atoms with van der Waals surface area (Å²) < 4.78 is 0. The first-order valence-electron chi connectivity index (χ1n) is 5.68. The van der Waals surface area contributed by atoms with Crippen LogP contribution < -0.4 is 0 Å². The molecule has 0 aliphatic carbocycles. The van der Waals surface area contributed by atoms with Crippen molar-refractivity contribution >= 4 is 29.3 Å². The van der Waals surface area contributed by atoms with E-state index in [0.29, 0.717) is 5.15 Å². The standard InChI is InChI=1S/C14H12ClNO2S/c15-13-3-1-2-11(16-13)9-19-12-6-4-10(5-7-12)8-14(17)18/h1-7H,8-9H2,(H,17,18). The van der Waals surface area contributed by atoms with Crippen LogP contribution in [0.5, 0.6) is 0 Å². The van der Waals surface area contributed by atoms with Gasteiger partial charge in [0.05, 0.1) is 12.1 Å². The van der Waals surface area contributed by atoms with E-state index in [0.717, 1.165) is 21.9 Å². The normalized spacial score (nSPS) is 10.4. The molecule has 0 aliphatic rings. The van der Waals surface area contributed by atoms with Crippen molar-refractivity contribution in [3.05, 3.63) is 58.9 Å². The summed E-state index contributed by atoms with van der Waals surface area (Å²) in [6.45, 7) is 0. The molecule has 3 nitrogen and oxygen atoms in total. The lowest BCUT2D eigenvalue weighted by Crippen LogP contribution is -1.99. The average Bonchev–Trinajstić information content (AvgIpc) is 2.37. The minimum absolute atomic E-state index is 0.0563. The van der Waals surface area contributed by atoms with Gasteiger partial charge in [0.1, 0.15) is 5.15 Å². The minimum Gasteiger partial charge on any atom is -0.481 e. The third-order valence-corrected chi connectivity index (χ3v) is 3.69. The van der Waals surface area contributed by atoms with Crippen molar-refractivity contribution < 1.29 is 9.90 Å². The van der Waals surface area contributed by atoms with Gasteiger partial charge < -0.3 is 5.11 Å². The molecule has 5 heteroatoms. The number of pyridine rings is 1. The Morgan fingerprint density at radius 3 is 2.58 bits per heavy atom. The minimum atomic E-state index is -0.816. The molecule has 0 bridgehead atoms. The maximum absolute atomic E-state index is 10.6. The number of hydrogen-bond acceptors (Lipinski definition) is 3. The monoisotopic (exact) mass is 293 g/mol. The van der Waals surface area contributed by atoms with Crippen molar-refractivity contribution in [2.75, 3.05) is 0 Å². The molecule has 1 N–H and O–H groups in total. The number of carbonyl (C=O) groups is 1. The fourth-order valence-electron chi connectivity index (χ4n) is 1.57. The molecule has 0 atom stereocenters.